The molecule has 1 rings (SSSR count). The Balaban J connectivity index is 2.14. The van der Waals surface area contributed by atoms with E-state index in [4.69, 9.17) is 0 Å². The van der Waals surface area contributed by atoms with Crippen molar-refractivity contribution in [1.82, 2.24) is 4.90 Å². The van der Waals surface area contributed by atoms with E-state index in [0.717, 1.165) is 11.8 Å². The highest BCUT2D eigenvalue weighted by atomic mass is 15.1. The Hall–Kier alpha value is -0.0400. The van der Waals surface area contributed by atoms with Gasteiger partial charge in [-0.25, -0.2) is 0 Å². The lowest BCUT2D eigenvalue weighted by Gasteiger charge is -2.29. The maximum Gasteiger partial charge on any atom is 0.000954 e. The minimum atomic E-state index is 0.869. The van der Waals surface area contributed by atoms with Crippen molar-refractivity contribution in [1.29, 1.82) is 0 Å². The SMILES string of the molecule is CCN(CCCC(C)C)CC1CCCCC1. The van der Waals surface area contributed by atoms with E-state index in [1.54, 1.807) is 0 Å². The van der Waals surface area contributed by atoms with Gasteiger partial charge in [-0.3, -0.25) is 0 Å². The van der Waals surface area contributed by atoms with Crippen molar-refractivity contribution < 1.29 is 0 Å². The molecule has 0 heterocycles. The summed E-state index contributed by atoms with van der Waals surface area (Å²) < 4.78 is 0. The quantitative estimate of drug-likeness (QED) is 0.623. The van der Waals surface area contributed by atoms with Gasteiger partial charge >= 0.3 is 0 Å². The first-order chi connectivity index (χ1) is 7.72. The number of hydrogen-bond donors (Lipinski definition) is 0. The molecule has 0 aromatic carbocycles. The van der Waals surface area contributed by atoms with Crippen LogP contribution in [-0.4, -0.2) is 24.5 Å². The van der Waals surface area contributed by atoms with Crippen LogP contribution in [0.4, 0.5) is 0 Å². The molecular formula is C15H31N. The summed E-state index contributed by atoms with van der Waals surface area (Å²) in [4.78, 5) is 2.68. The molecule has 0 aliphatic heterocycles. The Morgan fingerprint density at radius 3 is 2.38 bits per heavy atom. The zero-order valence-electron chi connectivity index (χ0n) is 11.7. The molecule has 1 heteroatoms. The molecule has 0 amide bonds. The number of nitrogens with zero attached hydrogens (tertiary/aromatic N) is 1. The van der Waals surface area contributed by atoms with Gasteiger partial charge in [-0.15, -0.1) is 0 Å². The van der Waals surface area contributed by atoms with Crippen LogP contribution in [0.5, 0.6) is 0 Å². The Morgan fingerprint density at radius 2 is 1.81 bits per heavy atom. The van der Waals surface area contributed by atoms with Gasteiger partial charge in [0.2, 0.25) is 0 Å². The minimum Gasteiger partial charge on any atom is -0.303 e. The highest BCUT2D eigenvalue weighted by molar-refractivity contribution is 4.70. The van der Waals surface area contributed by atoms with E-state index in [1.165, 1.54) is 64.6 Å². The Kier molecular flexibility index (Phi) is 7.11. The van der Waals surface area contributed by atoms with Crippen LogP contribution >= 0.6 is 0 Å². The molecule has 1 aliphatic carbocycles. The third-order valence-electron chi connectivity index (χ3n) is 3.94. The molecule has 0 spiro atoms. The monoisotopic (exact) mass is 225 g/mol. The van der Waals surface area contributed by atoms with Crippen molar-refractivity contribution in [2.75, 3.05) is 19.6 Å². The van der Waals surface area contributed by atoms with Crippen LogP contribution in [0, 0.1) is 11.8 Å². The van der Waals surface area contributed by atoms with Gasteiger partial charge in [0.15, 0.2) is 0 Å². The predicted octanol–water partition coefficient (Wildman–Crippen LogP) is 4.32. The van der Waals surface area contributed by atoms with Crippen molar-refractivity contribution in [3.63, 3.8) is 0 Å². The largest absolute Gasteiger partial charge is 0.303 e. The summed E-state index contributed by atoms with van der Waals surface area (Å²) >= 11 is 0. The van der Waals surface area contributed by atoms with Crippen LogP contribution in [0.2, 0.25) is 0 Å². The first-order valence-corrected chi connectivity index (χ1v) is 7.44. The van der Waals surface area contributed by atoms with Gasteiger partial charge in [0.1, 0.15) is 0 Å². The van der Waals surface area contributed by atoms with Crippen molar-refractivity contribution in [2.24, 2.45) is 11.8 Å². The second kappa shape index (κ2) is 8.11. The van der Waals surface area contributed by atoms with E-state index in [2.05, 4.69) is 25.7 Å². The highest BCUT2D eigenvalue weighted by Crippen LogP contribution is 2.24. The fraction of sp³-hybridized carbons (Fsp3) is 1.00. The lowest BCUT2D eigenvalue weighted by molar-refractivity contribution is 0.203. The van der Waals surface area contributed by atoms with Gasteiger partial charge in [0.05, 0.1) is 0 Å². The van der Waals surface area contributed by atoms with Crippen molar-refractivity contribution in [3.8, 4) is 0 Å². The summed E-state index contributed by atoms with van der Waals surface area (Å²) in [5.41, 5.74) is 0. The van der Waals surface area contributed by atoms with Gasteiger partial charge in [-0.2, -0.15) is 0 Å². The lowest BCUT2D eigenvalue weighted by atomic mass is 9.89. The zero-order chi connectivity index (χ0) is 11.8. The van der Waals surface area contributed by atoms with E-state index < -0.39 is 0 Å². The average Bonchev–Trinajstić information content (AvgIpc) is 2.28. The summed E-state index contributed by atoms with van der Waals surface area (Å²) in [5.74, 6) is 1.88. The maximum absolute atomic E-state index is 2.68. The third kappa shape index (κ3) is 5.89. The lowest BCUT2D eigenvalue weighted by Crippen LogP contribution is -2.31. The van der Waals surface area contributed by atoms with Gasteiger partial charge in [0.25, 0.3) is 0 Å². The maximum atomic E-state index is 2.68. The highest BCUT2D eigenvalue weighted by Gasteiger charge is 2.16. The van der Waals surface area contributed by atoms with Crippen LogP contribution in [0.25, 0.3) is 0 Å². The van der Waals surface area contributed by atoms with Gasteiger partial charge in [-0.1, -0.05) is 40.0 Å². The second-order valence-corrected chi connectivity index (χ2v) is 5.93. The van der Waals surface area contributed by atoms with Crippen molar-refractivity contribution in [3.05, 3.63) is 0 Å². The van der Waals surface area contributed by atoms with Gasteiger partial charge in [-0.05, 0) is 50.6 Å². The molecule has 0 aromatic heterocycles. The molecule has 1 saturated carbocycles. The van der Waals surface area contributed by atoms with Gasteiger partial charge < -0.3 is 4.90 Å². The molecule has 0 aromatic rings. The molecule has 0 bridgehead atoms. The summed E-state index contributed by atoms with van der Waals surface area (Å²) in [6, 6.07) is 0. The Bertz CT molecular complexity index is 159. The fourth-order valence-corrected chi connectivity index (χ4v) is 2.84. The molecule has 0 unspecified atom stereocenters. The molecule has 0 atom stereocenters. The predicted molar refractivity (Wildman–Crippen MR) is 72.8 cm³/mol. The third-order valence-corrected chi connectivity index (χ3v) is 3.94. The molecule has 0 N–H and O–H groups in total. The zero-order valence-corrected chi connectivity index (χ0v) is 11.7. The molecule has 1 aliphatic rings. The van der Waals surface area contributed by atoms with E-state index in [9.17, 15) is 0 Å². The molecule has 96 valence electrons. The average molecular weight is 225 g/mol. The van der Waals surface area contributed by atoms with Crippen molar-refractivity contribution in [2.45, 2.75) is 65.7 Å². The van der Waals surface area contributed by atoms with E-state index in [-0.39, 0.29) is 0 Å². The molecular weight excluding hydrogens is 194 g/mol. The van der Waals surface area contributed by atoms with E-state index >= 15 is 0 Å². The summed E-state index contributed by atoms with van der Waals surface area (Å²) in [7, 11) is 0. The first kappa shape index (κ1) is 14.0. The molecule has 0 radical (unpaired) electrons. The summed E-state index contributed by atoms with van der Waals surface area (Å²) in [5, 5.41) is 0. The Labute approximate surface area is 103 Å². The number of rotatable bonds is 7. The smallest absolute Gasteiger partial charge is 0.000954 e. The normalized spacial score (nSPS) is 18.6. The molecule has 0 saturated heterocycles. The van der Waals surface area contributed by atoms with Crippen LogP contribution in [-0.2, 0) is 0 Å². The molecule has 1 fully saturated rings. The van der Waals surface area contributed by atoms with Crippen LogP contribution < -0.4 is 0 Å². The van der Waals surface area contributed by atoms with Gasteiger partial charge in [0, 0.05) is 6.54 Å². The van der Waals surface area contributed by atoms with Crippen molar-refractivity contribution >= 4 is 0 Å². The molecule has 1 nitrogen and oxygen atoms in total. The van der Waals surface area contributed by atoms with Crippen LogP contribution in [0.3, 0.4) is 0 Å². The topological polar surface area (TPSA) is 3.24 Å². The summed E-state index contributed by atoms with van der Waals surface area (Å²) in [6.45, 7) is 10.9. The van der Waals surface area contributed by atoms with Crippen LogP contribution in [0.1, 0.15) is 65.7 Å². The second-order valence-electron chi connectivity index (χ2n) is 5.93. The fourth-order valence-electron chi connectivity index (χ4n) is 2.84. The molecule has 16 heavy (non-hydrogen) atoms. The summed E-state index contributed by atoms with van der Waals surface area (Å²) in [6.07, 6.45) is 10.2. The van der Waals surface area contributed by atoms with E-state index in [1.807, 2.05) is 0 Å². The van der Waals surface area contributed by atoms with E-state index in [0.29, 0.717) is 0 Å². The van der Waals surface area contributed by atoms with Crippen LogP contribution in [0.15, 0.2) is 0 Å². The standard InChI is InChI=1S/C15H31N/c1-4-16(12-8-9-14(2)3)13-15-10-6-5-7-11-15/h14-15H,4-13H2,1-3H3. The Morgan fingerprint density at radius 1 is 1.12 bits per heavy atom. The minimum absolute atomic E-state index is 0.869. The number of hydrogen-bond acceptors (Lipinski definition) is 1. The first-order valence-electron chi connectivity index (χ1n) is 7.44.